The van der Waals surface area contributed by atoms with Gasteiger partial charge < -0.3 is 14.5 Å². The monoisotopic (exact) mass is 252 g/mol. The van der Waals surface area contributed by atoms with Crippen molar-refractivity contribution in [3.05, 3.63) is 12.0 Å². The van der Waals surface area contributed by atoms with Crippen molar-refractivity contribution in [3.63, 3.8) is 0 Å². The molecule has 1 aromatic rings. The molecule has 4 heteroatoms. The molecule has 0 aromatic carbocycles. The Balaban J connectivity index is 1.82. The molecule has 0 bridgehead atoms. The first-order valence-electron chi connectivity index (χ1n) is 6.89. The van der Waals surface area contributed by atoms with Crippen LogP contribution in [0.1, 0.15) is 58.6 Å². The van der Waals surface area contributed by atoms with Gasteiger partial charge in [-0.15, -0.1) is 0 Å². The Labute approximate surface area is 109 Å². The van der Waals surface area contributed by atoms with Crippen LogP contribution < -0.4 is 10.1 Å². The highest BCUT2D eigenvalue weighted by molar-refractivity contribution is 5.00. The van der Waals surface area contributed by atoms with Crippen molar-refractivity contribution < 1.29 is 9.15 Å². The summed E-state index contributed by atoms with van der Waals surface area (Å²) in [5.41, 5.74) is 0.985. The Morgan fingerprint density at radius 3 is 2.72 bits per heavy atom. The molecule has 0 unspecified atom stereocenters. The molecule has 0 saturated heterocycles. The van der Waals surface area contributed by atoms with Gasteiger partial charge in [0.05, 0.1) is 5.69 Å². The summed E-state index contributed by atoms with van der Waals surface area (Å²) in [5.74, 6) is 0. The summed E-state index contributed by atoms with van der Waals surface area (Å²) in [5, 5.41) is 3.38. The molecule has 1 heterocycles. The first kappa shape index (κ1) is 13.4. The maximum absolute atomic E-state index is 5.76. The largest absolute Gasteiger partial charge is 0.447 e. The smallest absolute Gasteiger partial charge is 0.394 e. The van der Waals surface area contributed by atoms with Gasteiger partial charge in [-0.05, 0) is 46.5 Å². The first-order chi connectivity index (χ1) is 8.53. The molecule has 0 amide bonds. The highest BCUT2D eigenvalue weighted by atomic mass is 16.6. The Morgan fingerprint density at radius 1 is 1.33 bits per heavy atom. The molecular weight excluding hydrogens is 228 g/mol. The molecule has 2 rings (SSSR count). The minimum atomic E-state index is 0.0866. The maximum Gasteiger partial charge on any atom is 0.394 e. The van der Waals surface area contributed by atoms with E-state index in [1.165, 1.54) is 19.3 Å². The van der Waals surface area contributed by atoms with Crippen LogP contribution in [0.25, 0.3) is 0 Å². The predicted octanol–water partition coefficient (Wildman–Crippen LogP) is 3.27. The highest BCUT2D eigenvalue weighted by Gasteiger charge is 2.18. The lowest BCUT2D eigenvalue weighted by molar-refractivity contribution is 0.113. The molecule has 0 spiro atoms. The van der Waals surface area contributed by atoms with E-state index in [1.54, 1.807) is 6.26 Å². The summed E-state index contributed by atoms with van der Waals surface area (Å²) < 4.78 is 11.1. The Bertz CT molecular complexity index is 362. The van der Waals surface area contributed by atoms with Gasteiger partial charge in [-0.25, -0.2) is 0 Å². The molecule has 102 valence electrons. The minimum absolute atomic E-state index is 0.0866. The van der Waals surface area contributed by atoms with Crippen molar-refractivity contribution >= 4 is 0 Å². The van der Waals surface area contributed by atoms with Crippen molar-refractivity contribution in [2.75, 3.05) is 0 Å². The van der Waals surface area contributed by atoms with E-state index in [0.717, 1.165) is 18.5 Å². The number of nitrogens with zero attached hydrogens (tertiary/aromatic N) is 1. The van der Waals surface area contributed by atoms with Crippen LogP contribution in [-0.2, 0) is 6.54 Å². The van der Waals surface area contributed by atoms with Gasteiger partial charge in [0.1, 0.15) is 12.4 Å². The van der Waals surface area contributed by atoms with Crippen LogP contribution in [0.15, 0.2) is 10.7 Å². The Kier molecular flexibility index (Phi) is 4.27. The number of hydrogen-bond acceptors (Lipinski definition) is 4. The van der Waals surface area contributed by atoms with Gasteiger partial charge in [-0.3, -0.25) is 0 Å². The standard InChI is InChI=1S/C14H24N2O2/c1-14(2,3)15-9-11-10-17-13(16-11)18-12-7-5-4-6-8-12/h10,12,15H,4-9H2,1-3H3. The first-order valence-corrected chi connectivity index (χ1v) is 6.89. The van der Waals surface area contributed by atoms with Crippen LogP contribution in [0.4, 0.5) is 0 Å². The second-order valence-electron chi connectivity index (χ2n) is 6.09. The van der Waals surface area contributed by atoms with Gasteiger partial charge in [0.25, 0.3) is 0 Å². The second-order valence-corrected chi connectivity index (χ2v) is 6.09. The summed E-state index contributed by atoms with van der Waals surface area (Å²) in [6.45, 7) is 7.10. The minimum Gasteiger partial charge on any atom is -0.447 e. The normalized spacial score (nSPS) is 17.9. The van der Waals surface area contributed by atoms with Gasteiger partial charge in [0, 0.05) is 12.1 Å². The molecule has 1 aliphatic carbocycles. The topological polar surface area (TPSA) is 47.3 Å². The molecule has 1 saturated carbocycles. The Hall–Kier alpha value is -1.03. The van der Waals surface area contributed by atoms with Crippen molar-refractivity contribution in [3.8, 4) is 6.08 Å². The molecule has 0 radical (unpaired) electrons. The van der Waals surface area contributed by atoms with E-state index in [-0.39, 0.29) is 5.54 Å². The average molecular weight is 252 g/mol. The molecule has 1 fully saturated rings. The molecule has 1 aliphatic rings. The van der Waals surface area contributed by atoms with Crippen LogP contribution in [0.5, 0.6) is 6.08 Å². The van der Waals surface area contributed by atoms with Crippen LogP contribution in [-0.4, -0.2) is 16.6 Å². The molecule has 0 aliphatic heterocycles. The summed E-state index contributed by atoms with van der Waals surface area (Å²) in [6, 6.07) is 0. The van der Waals surface area contributed by atoms with E-state index < -0.39 is 0 Å². The van der Waals surface area contributed by atoms with Crippen molar-refractivity contribution in [2.24, 2.45) is 0 Å². The van der Waals surface area contributed by atoms with Gasteiger partial charge in [0.15, 0.2) is 0 Å². The van der Waals surface area contributed by atoms with Crippen LogP contribution in [0, 0.1) is 0 Å². The molecule has 4 nitrogen and oxygen atoms in total. The zero-order valence-electron chi connectivity index (χ0n) is 11.7. The van der Waals surface area contributed by atoms with Crippen LogP contribution >= 0.6 is 0 Å². The number of oxazole rings is 1. The van der Waals surface area contributed by atoms with Crippen LogP contribution in [0.2, 0.25) is 0 Å². The molecule has 1 aromatic heterocycles. The van der Waals surface area contributed by atoms with E-state index in [9.17, 15) is 0 Å². The molecule has 1 N–H and O–H groups in total. The number of hydrogen-bond donors (Lipinski definition) is 1. The zero-order valence-corrected chi connectivity index (χ0v) is 11.7. The third kappa shape index (κ3) is 4.33. The van der Waals surface area contributed by atoms with E-state index in [4.69, 9.17) is 9.15 Å². The summed E-state index contributed by atoms with van der Waals surface area (Å²) >= 11 is 0. The Morgan fingerprint density at radius 2 is 2.06 bits per heavy atom. The lowest BCUT2D eigenvalue weighted by Crippen LogP contribution is -2.35. The van der Waals surface area contributed by atoms with Gasteiger partial charge in [-0.1, -0.05) is 6.42 Å². The number of nitrogens with one attached hydrogen (secondary N) is 1. The van der Waals surface area contributed by atoms with E-state index in [2.05, 4.69) is 31.1 Å². The van der Waals surface area contributed by atoms with E-state index >= 15 is 0 Å². The predicted molar refractivity (Wildman–Crippen MR) is 70.6 cm³/mol. The summed E-state index contributed by atoms with van der Waals surface area (Å²) in [4.78, 5) is 4.36. The quantitative estimate of drug-likeness (QED) is 0.893. The number of aromatic nitrogens is 1. The number of ether oxygens (including phenoxy) is 1. The second kappa shape index (κ2) is 5.74. The van der Waals surface area contributed by atoms with Crippen molar-refractivity contribution in [1.82, 2.24) is 10.3 Å². The molecule has 18 heavy (non-hydrogen) atoms. The lowest BCUT2D eigenvalue weighted by Gasteiger charge is -2.20. The summed E-state index contributed by atoms with van der Waals surface area (Å²) in [6.07, 6.45) is 8.47. The van der Waals surface area contributed by atoms with E-state index in [1.807, 2.05) is 0 Å². The van der Waals surface area contributed by atoms with Gasteiger partial charge >= 0.3 is 6.08 Å². The molecular formula is C14H24N2O2. The lowest BCUT2D eigenvalue weighted by atomic mass is 9.98. The number of rotatable bonds is 4. The highest BCUT2D eigenvalue weighted by Crippen LogP contribution is 2.22. The third-order valence-electron chi connectivity index (χ3n) is 3.15. The molecule has 0 atom stereocenters. The fourth-order valence-corrected chi connectivity index (χ4v) is 2.10. The fraction of sp³-hybridized carbons (Fsp3) is 0.786. The zero-order chi connectivity index (χ0) is 13.0. The van der Waals surface area contributed by atoms with Gasteiger partial charge in [0.2, 0.25) is 0 Å². The van der Waals surface area contributed by atoms with Gasteiger partial charge in [-0.2, -0.15) is 4.98 Å². The van der Waals surface area contributed by atoms with Crippen molar-refractivity contribution in [1.29, 1.82) is 0 Å². The van der Waals surface area contributed by atoms with E-state index in [0.29, 0.717) is 18.7 Å². The van der Waals surface area contributed by atoms with Crippen molar-refractivity contribution in [2.45, 2.75) is 71.1 Å². The third-order valence-corrected chi connectivity index (χ3v) is 3.15. The SMILES string of the molecule is CC(C)(C)NCc1coc(OC2CCCCC2)n1. The fourth-order valence-electron chi connectivity index (χ4n) is 2.10. The summed E-state index contributed by atoms with van der Waals surface area (Å²) in [7, 11) is 0. The average Bonchev–Trinajstić information content (AvgIpc) is 2.75. The van der Waals surface area contributed by atoms with Crippen LogP contribution in [0.3, 0.4) is 0 Å². The maximum atomic E-state index is 5.76.